The molecule has 2 aromatic carbocycles. The normalized spacial score (nSPS) is 11.2. The SMILES string of the molecule is Oc1ccc(Br)c2ccc(/C=C/c3ccccc3)nc12. The molecule has 0 fully saturated rings. The van der Waals surface area contributed by atoms with Crippen LogP contribution in [0.1, 0.15) is 11.3 Å². The molecule has 0 saturated carbocycles. The summed E-state index contributed by atoms with van der Waals surface area (Å²) in [6, 6.07) is 17.4. The summed E-state index contributed by atoms with van der Waals surface area (Å²) >= 11 is 3.46. The van der Waals surface area contributed by atoms with Crippen LogP contribution in [0.3, 0.4) is 0 Å². The fourth-order valence-electron chi connectivity index (χ4n) is 2.02. The zero-order valence-electron chi connectivity index (χ0n) is 10.6. The number of phenolic OH excluding ortho intramolecular Hbond substituents is 1. The summed E-state index contributed by atoms with van der Waals surface area (Å²) in [6.07, 6.45) is 3.94. The molecule has 0 saturated heterocycles. The second-order valence-corrected chi connectivity index (χ2v) is 5.30. The van der Waals surface area contributed by atoms with Crippen molar-refractivity contribution in [1.29, 1.82) is 0 Å². The zero-order chi connectivity index (χ0) is 13.9. The van der Waals surface area contributed by atoms with Crippen LogP contribution in [0, 0.1) is 0 Å². The standard InChI is InChI=1S/C17H12BrNO/c18-15-10-11-16(20)17-14(15)9-8-13(19-17)7-6-12-4-2-1-3-5-12/h1-11,20H/b7-6+. The summed E-state index contributed by atoms with van der Waals surface area (Å²) in [5.41, 5.74) is 2.54. The van der Waals surface area contributed by atoms with Gasteiger partial charge in [-0.15, -0.1) is 0 Å². The predicted molar refractivity (Wildman–Crippen MR) is 86.5 cm³/mol. The van der Waals surface area contributed by atoms with Crippen LogP contribution in [0.2, 0.25) is 0 Å². The molecule has 3 aromatic rings. The third-order valence-corrected chi connectivity index (χ3v) is 3.74. The molecule has 0 amide bonds. The smallest absolute Gasteiger partial charge is 0.141 e. The van der Waals surface area contributed by atoms with E-state index in [0.29, 0.717) is 5.52 Å². The average molecular weight is 326 g/mol. The summed E-state index contributed by atoms with van der Waals surface area (Å²) in [4.78, 5) is 4.48. The van der Waals surface area contributed by atoms with E-state index in [0.717, 1.165) is 21.1 Å². The molecule has 1 N–H and O–H groups in total. The average Bonchev–Trinajstić information content (AvgIpc) is 2.50. The molecule has 0 aliphatic carbocycles. The van der Waals surface area contributed by atoms with Gasteiger partial charge in [0, 0.05) is 9.86 Å². The summed E-state index contributed by atoms with van der Waals surface area (Å²) in [6.45, 7) is 0. The Kier molecular flexibility index (Phi) is 3.52. The first-order chi connectivity index (χ1) is 9.74. The third kappa shape index (κ3) is 2.58. The molecular formula is C17H12BrNO. The molecule has 0 aliphatic rings. The van der Waals surface area contributed by atoms with Crippen molar-refractivity contribution in [2.75, 3.05) is 0 Å². The number of hydrogen-bond donors (Lipinski definition) is 1. The third-order valence-electron chi connectivity index (χ3n) is 3.05. The van der Waals surface area contributed by atoms with Gasteiger partial charge in [-0.25, -0.2) is 4.98 Å². The number of aromatic nitrogens is 1. The van der Waals surface area contributed by atoms with Gasteiger partial charge in [0.1, 0.15) is 11.3 Å². The van der Waals surface area contributed by atoms with Gasteiger partial charge >= 0.3 is 0 Å². The quantitative estimate of drug-likeness (QED) is 0.728. The first-order valence-corrected chi connectivity index (χ1v) is 7.05. The molecule has 0 spiro atoms. The molecule has 20 heavy (non-hydrogen) atoms. The van der Waals surface area contributed by atoms with Gasteiger partial charge in [-0.3, -0.25) is 0 Å². The van der Waals surface area contributed by atoms with Crippen molar-refractivity contribution in [3.05, 3.63) is 70.3 Å². The van der Waals surface area contributed by atoms with Crippen LogP contribution in [-0.4, -0.2) is 10.1 Å². The van der Waals surface area contributed by atoms with Crippen LogP contribution in [-0.2, 0) is 0 Å². The highest BCUT2D eigenvalue weighted by Crippen LogP contribution is 2.29. The summed E-state index contributed by atoms with van der Waals surface area (Å²) < 4.78 is 0.927. The maximum absolute atomic E-state index is 9.90. The molecule has 1 heterocycles. The number of phenols is 1. The lowest BCUT2D eigenvalue weighted by Crippen LogP contribution is -1.85. The van der Waals surface area contributed by atoms with Crippen LogP contribution in [0.4, 0.5) is 0 Å². The molecule has 0 radical (unpaired) electrons. The van der Waals surface area contributed by atoms with Crippen molar-refractivity contribution in [2.24, 2.45) is 0 Å². The molecule has 98 valence electrons. The molecule has 2 nitrogen and oxygen atoms in total. The van der Waals surface area contributed by atoms with Gasteiger partial charge in [0.15, 0.2) is 0 Å². The van der Waals surface area contributed by atoms with Crippen LogP contribution in [0.5, 0.6) is 5.75 Å². The van der Waals surface area contributed by atoms with E-state index in [1.807, 2.05) is 60.7 Å². The number of halogens is 1. The predicted octanol–water partition coefficient (Wildman–Crippen LogP) is 4.87. The minimum absolute atomic E-state index is 0.193. The lowest BCUT2D eigenvalue weighted by atomic mass is 10.1. The Morgan fingerprint density at radius 3 is 2.50 bits per heavy atom. The molecule has 0 bridgehead atoms. The van der Waals surface area contributed by atoms with Crippen molar-refractivity contribution >= 4 is 39.0 Å². The number of rotatable bonds is 2. The number of benzene rings is 2. The van der Waals surface area contributed by atoms with Crippen molar-refractivity contribution in [3.63, 3.8) is 0 Å². The highest BCUT2D eigenvalue weighted by Gasteiger charge is 2.05. The van der Waals surface area contributed by atoms with E-state index in [-0.39, 0.29) is 5.75 Å². The topological polar surface area (TPSA) is 33.1 Å². The molecule has 3 heteroatoms. The van der Waals surface area contributed by atoms with E-state index >= 15 is 0 Å². The van der Waals surface area contributed by atoms with Gasteiger partial charge in [-0.05, 0) is 35.9 Å². The first kappa shape index (κ1) is 12.9. The molecule has 1 aromatic heterocycles. The van der Waals surface area contributed by atoms with Crippen LogP contribution < -0.4 is 0 Å². The Morgan fingerprint density at radius 2 is 1.70 bits per heavy atom. The number of aromatic hydroxyl groups is 1. The van der Waals surface area contributed by atoms with E-state index in [1.165, 1.54) is 0 Å². The molecular weight excluding hydrogens is 314 g/mol. The lowest BCUT2D eigenvalue weighted by Gasteiger charge is -2.03. The van der Waals surface area contributed by atoms with E-state index in [2.05, 4.69) is 20.9 Å². The van der Waals surface area contributed by atoms with Gasteiger partial charge in [0.25, 0.3) is 0 Å². The largest absolute Gasteiger partial charge is 0.506 e. The Morgan fingerprint density at radius 1 is 0.900 bits per heavy atom. The first-order valence-electron chi connectivity index (χ1n) is 6.25. The number of fused-ring (bicyclic) bond motifs is 1. The molecule has 0 aliphatic heterocycles. The molecule has 3 rings (SSSR count). The van der Waals surface area contributed by atoms with Gasteiger partial charge < -0.3 is 5.11 Å². The minimum Gasteiger partial charge on any atom is -0.506 e. The van der Waals surface area contributed by atoms with E-state index in [9.17, 15) is 5.11 Å². The van der Waals surface area contributed by atoms with Crippen LogP contribution in [0.25, 0.3) is 23.1 Å². The van der Waals surface area contributed by atoms with Crippen molar-refractivity contribution in [2.45, 2.75) is 0 Å². The number of pyridine rings is 1. The number of nitrogens with zero attached hydrogens (tertiary/aromatic N) is 1. The number of hydrogen-bond acceptors (Lipinski definition) is 2. The van der Waals surface area contributed by atoms with Crippen LogP contribution >= 0.6 is 15.9 Å². The maximum Gasteiger partial charge on any atom is 0.141 e. The van der Waals surface area contributed by atoms with Crippen molar-refractivity contribution in [3.8, 4) is 5.75 Å². The summed E-state index contributed by atoms with van der Waals surface area (Å²) in [5.74, 6) is 0.193. The maximum atomic E-state index is 9.90. The lowest BCUT2D eigenvalue weighted by molar-refractivity contribution is 0.480. The van der Waals surface area contributed by atoms with Gasteiger partial charge in [-0.1, -0.05) is 52.3 Å². The second-order valence-electron chi connectivity index (χ2n) is 4.44. The van der Waals surface area contributed by atoms with E-state index in [1.54, 1.807) is 6.07 Å². The highest BCUT2D eigenvalue weighted by molar-refractivity contribution is 9.10. The van der Waals surface area contributed by atoms with Crippen molar-refractivity contribution in [1.82, 2.24) is 4.98 Å². The van der Waals surface area contributed by atoms with E-state index < -0.39 is 0 Å². The molecule has 0 unspecified atom stereocenters. The minimum atomic E-state index is 0.193. The van der Waals surface area contributed by atoms with Crippen molar-refractivity contribution < 1.29 is 5.11 Å². The van der Waals surface area contributed by atoms with Crippen LogP contribution in [0.15, 0.2) is 59.1 Å². The monoisotopic (exact) mass is 325 g/mol. The summed E-state index contributed by atoms with van der Waals surface area (Å²) in [7, 11) is 0. The van der Waals surface area contributed by atoms with E-state index in [4.69, 9.17) is 0 Å². The fourth-order valence-corrected chi connectivity index (χ4v) is 2.47. The second kappa shape index (κ2) is 5.47. The van der Waals surface area contributed by atoms with Gasteiger partial charge in [-0.2, -0.15) is 0 Å². The van der Waals surface area contributed by atoms with Gasteiger partial charge in [0.05, 0.1) is 5.69 Å². The zero-order valence-corrected chi connectivity index (χ0v) is 12.2. The Labute approximate surface area is 125 Å². The Bertz CT molecular complexity index is 782. The fraction of sp³-hybridized carbons (Fsp3) is 0. The van der Waals surface area contributed by atoms with Gasteiger partial charge in [0.2, 0.25) is 0 Å². The summed E-state index contributed by atoms with van der Waals surface area (Å²) in [5, 5.41) is 10.8. The molecule has 0 atom stereocenters. The Hall–Kier alpha value is -2.13. The highest BCUT2D eigenvalue weighted by atomic mass is 79.9. The Balaban J connectivity index is 2.01.